The first-order valence-electron chi connectivity index (χ1n) is 18.2. The minimum Gasteiger partial charge on any atom is -0.311 e. The van der Waals surface area contributed by atoms with Crippen LogP contribution in [0, 0.1) is 27.7 Å². The van der Waals surface area contributed by atoms with Gasteiger partial charge < -0.3 is 9.80 Å². The molecule has 0 saturated heterocycles. The lowest BCUT2D eigenvalue weighted by atomic mass is 10.0. The van der Waals surface area contributed by atoms with E-state index in [2.05, 4.69) is 220 Å². The molecule has 0 heterocycles. The summed E-state index contributed by atoms with van der Waals surface area (Å²) in [6.45, 7) is 8.69. The topological polar surface area (TPSA) is 6.48 Å². The third-order valence-electron chi connectivity index (χ3n) is 9.92. The molecule has 256 valence electrons. The van der Waals surface area contributed by atoms with Crippen molar-refractivity contribution in [3.8, 4) is 0 Å². The highest BCUT2D eigenvalue weighted by Gasteiger charge is 2.15. The number of rotatable bonds is 10. The summed E-state index contributed by atoms with van der Waals surface area (Å²) in [6, 6.07) is 50.3. The van der Waals surface area contributed by atoms with Crippen molar-refractivity contribution in [3.63, 3.8) is 0 Å². The molecule has 52 heavy (non-hydrogen) atoms. The monoisotopic (exact) mass is 674 g/mol. The van der Waals surface area contributed by atoms with Gasteiger partial charge in [0.25, 0.3) is 0 Å². The molecule has 0 atom stereocenters. The van der Waals surface area contributed by atoms with Gasteiger partial charge in [0.2, 0.25) is 0 Å². The minimum atomic E-state index is 1.07. The summed E-state index contributed by atoms with van der Waals surface area (Å²) >= 11 is 0. The minimum absolute atomic E-state index is 1.07. The van der Waals surface area contributed by atoms with Crippen LogP contribution in [0.5, 0.6) is 0 Å². The number of anilines is 5. The molecule has 1 aliphatic rings. The van der Waals surface area contributed by atoms with Crippen molar-refractivity contribution in [2.24, 2.45) is 0 Å². The fourth-order valence-electron chi connectivity index (χ4n) is 6.54. The van der Waals surface area contributed by atoms with E-state index < -0.39 is 0 Å². The smallest absolute Gasteiger partial charge is 0.0464 e. The molecule has 0 unspecified atom stereocenters. The first kappa shape index (κ1) is 34.3. The summed E-state index contributed by atoms with van der Waals surface area (Å²) in [4.78, 5) is 4.68. The van der Waals surface area contributed by atoms with Crippen LogP contribution in [0.3, 0.4) is 0 Å². The van der Waals surface area contributed by atoms with Gasteiger partial charge in [0, 0.05) is 34.1 Å². The van der Waals surface area contributed by atoms with E-state index >= 15 is 0 Å². The highest BCUT2D eigenvalue weighted by atomic mass is 15.1. The summed E-state index contributed by atoms with van der Waals surface area (Å²) in [5.74, 6) is 0. The van der Waals surface area contributed by atoms with Gasteiger partial charge in [-0.05, 0) is 152 Å². The number of allylic oxidation sites excluding steroid dienone is 3. The predicted molar refractivity (Wildman–Crippen MR) is 226 cm³/mol. The molecule has 1 aliphatic carbocycles. The predicted octanol–water partition coefficient (Wildman–Crippen LogP) is 14.1. The highest BCUT2D eigenvalue weighted by molar-refractivity contribution is 5.79. The Morgan fingerprint density at radius 3 is 1.23 bits per heavy atom. The van der Waals surface area contributed by atoms with Gasteiger partial charge in [-0.2, -0.15) is 0 Å². The van der Waals surface area contributed by atoms with Crippen LogP contribution in [0.15, 0.2) is 163 Å². The zero-order chi connectivity index (χ0) is 35.9. The van der Waals surface area contributed by atoms with Crippen molar-refractivity contribution < 1.29 is 0 Å². The lowest BCUT2D eigenvalue weighted by molar-refractivity contribution is 0.996. The van der Waals surface area contributed by atoms with Crippen LogP contribution in [0.4, 0.5) is 28.4 Å². The van der Waals surface area contributed by atoms with Crippen LogP contribution in [0.1, 0.15) is 57.3 Å². The van der Waals surface area contributed by atoms with Gasteiger partial charge in [0.15, 0.2) is 0 Å². The summed E-state index contributed by atoms with van der Waals surface area (Å²) in [7, 11) is 0. The Morgan fingerprint density at radius 1 is 0.385 bits per heavy atom. The van der Waals surface area contributed by atoms with E-state index in [1.165, 1.54) is 56.0 Å². The lowest BCUT2D eigenvalue weighted by Gasteiger charge is -2.28. The Hall–Kier alpha value is -6.12. The van der Waals surface area contributed by atoms with Crippen molar-refractivity contribution in [2.45, 2.75) is 40.5 Å². The number of para-hydroxylation sites is 1. The summed E-state index contributed by atoms with van der Waals surface area (Å²) in [5, 5.41) is 0. The second kappa shape index (κ2) is 15.8. The number of nitrogens with zero attached hydrogens (tertiary/aromatic N) is 2. The molecule has 0 spiro atoms. The fourth-order valence-corrected chi connectivity index (χ4v) is 6.54. The molecule has 0 radical (unpaired) electrons. The first-order valence-corrected chi connectivity index (χ1v) is 18.2. The Bertz CT molecular complexity index is 2250. The molecule has 0 N–H and O–H groups in total. The SMILES string of the molecule is Cc1ccc(N(C2=CCCC=C2)c2ccc(C=Cc3ccc(C=Cc4ccc(N(c5ccccc5)c5ccc(C)c(C)c5)cc4)cc3)cc2)cc1C. The number of aryl methyl sites for hydroxylation is 4. The molecule has 6 aromatic carbocycles. The van der Waals surface area contributed by atoms with E-state index in [0.29, 0.717) is 0 Å². The van der Waals surface area contributed by atoms with Gasteiger partial charge in [-0.15, -0.1) is 0 Å². The normalized spacial score (nSPS) is 12.7. The van der Waals surface area contributed by atoms with Crippen molar-refractivity contribution in [3.05, 3.63) is 208 Å². The van der Waals surface area contributed by atoms with Gasteiger partial charge >= 0.3 is 0 Å². The third kappa shape index (κ3) is 8.09. The third-order valence-corrected chi connectivity index (χ3v) is 9.92. The Kier molecular flexibility index (Phi) is 10.5. The van der Waals surface area contributed by atoms with Gasteiger partial charge in [-0.25, -0.2) is 0 Å². The maximum atomic E-state index is 2.36. The van der Waals surface area contributed by atoms with Crippen molar-refractivity contribution in [2.75, 3.05) is 9.80 Å². The summed E-state index contributed by atoms with van der Waals surface area (Å²) < 4.78 is 0. The molecule has 2 nitrogen and oxygen atoms in total. The fraction of sp³-hybridized carbons (Fsp3) is 0.120. The summed E-state index contributed by atoms with van der Waals surface area (Å²) in [6.07, 6.45) is 17.8. The molecule has 6 aromatic rings. The van der Waals surface area contributed by atoms with Crippen LogP contribution < -0.4 is 9.80 Å². The lowest BCUT2D eigenvalue weighted by Crippen LogP contribution is -2.16. The van der Waals surface area contributed by atoms with E-state index in [9.17, 15) is 0 Å². The zero-order valence-corrected chi connectivity index (χ0v) is 30.6. The Morgan fingerprint density at radius 2 is 0.788 bits per heavy atom. The Balaban J connectivity index is 1.02. The molecule has 0 aromatic heterocycles. The standard InChI is InChI=1S/C50H46N2/c1-37-15-29-49(35-39(37)3)51(45-11-7-5-8-12-45)47-31-25-43(26-32-47)23-21-41-17-19-42(20-18-41)22-24-44-27-33-48(34-28-44)52(46-13-9-6-10-14-46)50-30-16-38(2)40(4)36-50/h5,7-9,11-36H,6,10H2,1-4H3. The second-order valence-electron chi connectivity index (χ2n) is 13.7. The maximum absolute atomic E-state index is 2.36. The number of hydrogen-bond acceptors (Lipinski definition) is 2. The van der Waals surface area contributed by atoms with E-state index in [0.717, 1.165) is 35.5 Å². The van der Waals surface area contributed by atoms with Gasteiger partial charge in [-0.3, -0.25) is 0 Å². The molecule has 0 amide bonds. The van der Waals surface area contributed by atoms with Crippen LogP contribution in [-0.4, -0.2) is 0 Å². The molecular weight excluding hydrogens is 629 g/mol. The van der Waals surface area contributed by atoms with Crippen molar-refractivity contribution >= 4 is 52.7 Å². The Labute approximate surface area is 310 Å². The average Bonchev–Trinajstić information content (AvgIpc) is 3.18. The molecule has 2 heteroatoms. The molecular formula is C50H46N2. The molecule has 0 saturated carbocycles. The van der Waals surface area contributed by atoms with Crippen molar-refractivity contribution in [1.29, 1.82) is 0 Å². The highest BCUT2D eigenvalue weighted by Crippen LogP contribution is 2.36. The van der Waals surface area contributed by atoms with Crippen molar-refractivity contribution in [1.82, 2.24) is 0 Å². The van der Waals surface area contributed by atoms with Crippen LogP contribution in [-0.2, 0) is 0 Å². The van der Waals surface area contributed by atoms with E-state index in [-0.39, 0.29) is 0 Å². The van der Waals surface area contributed by atoms with E-state index in [4.69, 9.17) is 0 Å². The summed E-state index contributed by atoms with van der Waals surface area (Å²) in [5.41, 5.74) is 16.9. The first-order chi connectivity index (χ1) is 25.4. The molecule has 7 rings (SSSR count). The number of benzene rings is 6. The average molecular weight is 675 g/mol. The van der Waals surface area contributed by atoms with Gasteiger partial charge in [-0.1, -0.05) is 115 Å². The molecule has 0 fully saturated rings. The van der Waals surface area contributed by atoms with E-state index in [1.54, 1.807) is 0 Å². The number of hydrogen-bond donors (Lipinski definition) is 0. The van der Waals surface area contributed by atoms with Gasteiger partial charge in [0.05, 0.1) is 0 Å². The van der Waals surface area contributed by atoms with Crippen LogP contribution in [0.2, 0.25) is 0 Å². The van der Waals surface area contributed by atoms with Gasteiger partial charge in [0.1, 0.15) is 0 Å². The molecule has 0 bridgehead atoms. The quantitative estimate of drug-likeness (QED) is 0.133. The molecule has 0 aliphatic heterocycles. The maximum Gasteiger partial charge on any atom is 0.0464 e. The van der Waals surface area contributed by atoms with Crippen LogP contribution >= 0.6 is 0 Å². The zero-order valence-electron chi connectivity index (χ0n) is 30.6. The second-order valence-corrected chi connectivity index (χ2v) is 13.7. The van der Waals surface area contributed by atoms with Crippen LogP contribution in [0.25, 0.3) is 24.3 Å². The van der Waals surface area contributed by atoms with E-state index in [1.807, 2.05) is 0 Å². The largest absolute Gasteiger partial charge is 0.311 e.